The van der Waals surface area contributed by atoms with Gasteiger partial charge in [-0.05, 0) is 0 Å². The van der Waals surface area contributed by atoms with E-state index in [0.717, 1.165) is 39.3 Å². The highest BCUT2D eigenvalue weighted by molar-refractivity contribution is 4.75. The third-order valence-electron chi connectivity index (χ3n) is 2.19. The molecular weight excluding hydrogens is 152 g/mol. The summed E-state index contributed by atoms with van der Waals surface area (Å²) in [5.41, 5.74) is 0. The van der Waals surface area contributed by atoms with Crippen LogP contribution in [0.2, 0.25) is 0 Å². The van der Waals surface area contributed by atoms with Crippen molar-refractivity contribution in [3.05, 3.63) is 11.4 Å². The van der Waals surface area contributed by atoms with Crippen molar-refractivity contribution in [1.82, 2.24) is 4.90 Å². The first-order valence-electron chi connectivity index (χ1n) is 4.49. The molecule has 1 atom stereocenters. The molecule has 1 heterocycles. The molecule has 0 radical (unpaired) electrons. The lowest BCUT2D eigenvalue weighted by atomic mass is 10.2. The van der Waals surface area contributed by atoms with Crippen LogP contribution in [0.3, 0.4) is 0 Å². The van der Waals surface area contributed by atoms with E-state index in [-0.39, 0.29) is 6.04 Å². The van der Waals surface area contributed by atoms with Crippen molar-refractivity contribution in [2.75, 3.05) is 32.8 Å². The van der Waals surface area contributed by atoms with Crippen LogP contribution in [0, 0.1) is 6.57 Å². The summed E-state index contributed by atoms with van der Waals surface area (Å²) >= 11 is 0. The molecule has 1 aliphatic rings. The molecule has 0 aliphatic carbocycles. The van der Waals surface area contributed by atoms with E-state index in [2.05, 4.69) is 9.74 Å². The number of ether oxygens (including phenoxy) is 1. The zero-order chi connectivity index (χ0) is 8.81. The molecule has 0 amide bonds. The Balaban J connectivity index is 2.10. The minimum absolute atomic E-state index is 0.174. The Morgan fingerprint density at radius 2 is 2.17 bits per heavy atom. The average molecular weight is 168 g/mol. The summed E-state index contributed by atoms with van der Waals surface area (Å²) in [5, 5.41) is 0. The standard InChI is InChI=1S/C9H16N2O/c1-9(10-2)3-4-11-5-7-12-8-6-11/h9H,3-8H2,1H3. The molecule has 0 spiro atoms. The minimum Gasteiger partial charge on any atom is -0.379 e. The first-order chi connectivity index (χ1) is 5.83. The maximum Gasteiger partial charge on any atom is 0.222 e. The molecule has 1 aliphatic heterocycles. The second-order valence-corrected chi connectivity index (χ2v) is 3.22. The van der Waals surface area contributed by atoms with Gasteiger partial charge in [0.2, 0.25) is 6.04 Å². The molecular formula is C9H16N2O. The molecule has 0 N–H and O–H groups in total. The Kier molecular flexibility index (Phi) is 4.06. The molecule has 3 heteroatoms. The lowest BCUT2D eigenvalue weighted by Crippen LogP contribution is -2.37. The van der Waals surface area contributed by atoms with E-state index in [1.165, 1.54) is 0 Å². The second kappa shape index (κ2) is 5.13. The van der Waals surface area contributed by atoms with E-state index in [1.807, 2.05) is 6.92 Å². The summed E-state index contributed by atoms with van der Waals surface area (Å²) in [6.45, 7) is 13.6. The molecule has 0 aromatic carbocycles. The predicted octanol–water partition coefficient (Wildman–Crippen LogP) is 1.02. The molecule has 68 valence electrons. The van der Waals surface area contributed by atoms with Gasteiger partial charge in [0.15, 0.2) is 0 Å². The van der Waals surface area contributed by atoms with Crippen LogP contribution in [0.1, 0.15) is 13.3 Å². The molecule has 0 saturated carbocycles. The molecule has 0 bridgehead atoms. The van der Waals surface area contributed by atoms with Gasteiger partial charge in [0.1, 0.15) is 0 Å². The third kappa shape index (κ3) is 3.21. The van der Waals surface area contributed by atoms with E-state index in [9.17, 15) is 0 Å². The average Bonchev–Trinajstić information content (AvgIpc) is 2.16. The number of hydrogen-bond donors (Lipinski definition) is 0. The molecule has 0 aromatic rings. The van der Waals surface area contributed by atoms with Crippen LogP contribution in [-0.2, 0) is 4.74 Å². The van der Waals surface area contributed by atoms with Crippen molar-refractivity contribution in [3.63, 3.8) is 0 Å². The number of hydrogen-bond acceptors (Lipinski definition) is 2. The van der Waals surface area contributed by atoms with E-state index in [0.29, 0.717) is 0 Å². The maximum atomic E-state index is 6.81. The lowest BCUT2D eigenvalue weighted by Gasteiger charge is -2.26. The number of nitrogens with zero attached hydrogens (tertiary/aromatic N) is 2. The van der Waals surface area contributed by atoms with Crippen LogP contribution in [0.15, 0.2) is 0 Å². The Labute approximate surface area is 74.1 Å². The van der Waals surface area contributed by atoms with E-state index in [1.54, 1.807) is 0 Å². The largest absolute Gasteiger partial charge is 0.379 e. The van der Waals surface area contributed by atoms with Crippen molar-refractivity contribution >= 4 is 0 Å². The molecule has 3 nitrogen and oxygen atoms in total. The topological polar surface area (TPSA) is 16.8 Å². The fourth-order valence-electron chi connectivity index (χ4n) is 1.26. The van der Waals surface area contributed by atoms with Crippen molar-refractivity contribution in [2.45, 2.75) is 19.4 Å². The van der Waals surface area contributed by atoms with Gasteiger partial charge >= 0.3 is 0 Å². The van der Waals surface area contributed by atoms with Crippen LogP contribution >= 0.6 is 0 Å². The Morgan fingerprint density at radius 3 is 2.75 bits per heavy atom. The van der Waals surface area contributed by atoms with Crippen LogP contribution < -0.4 is 0 Å². The smallest absolute Gasteiger partial charge is 0.222 e. The molecule has 0 aromatic heterocycles. The van der Waals surface area contributed by atoms with Gasteiger partial charge in [-0.25, -0.2) is 6.57 Å². The summed E-state index contributed by atoms with van der Waals surface area (Å²) in [5.74, 6) is 0. The fourth-order valence-corrected chi connectivity index (χ4v) is 1.26. The Morgan fingerprint density at radius 1 is 1.50 bits per heavy atom. The monoisotopic (exact) mass is 168 g/mol. The van der Waals surface area contributed by atoms with Crippen LogP contribution in [-0.4, -0.2) is 43.8 Å². The SMILES string of the molecule is [C-]#[N+]C(C)CCN1CCOCC1. The van der Waals surface area contributed by atoms with Crippen molar-refractivity contribution in [3.8, 4) is 0 Å². The molecule has 1 fully saturated rings. The van der Waals surface area contributed by atoms with E-state index < -0.39 is 0 Å². The van der Waals surface area contributed by atoms with E-state index >= 15 is 0 Å². The van der Waals surface area contributed by atoms with Gasteiger partial charge < -0.3 is 9.58 Å². The number of rotatable bonds is 3. The van der Waals surface area contributed by atoms with Crippen molar-refractivity contribution < 1.29 is 4.74 Å². The van der Waals surface area contributed by atoms with Crippen LogP contribution in [0.5, 0.6) is 0 Å². The molecule has 12 heavy (non-hydrogen) atoms. The van der Waals surface area contributed by atoms with E-state index in [4.69, 9.17) is 11.3 Å². The highest BCUT2D eigenvalue weighted by Crippen LogP contribution is 2.02. The summed E-state index contributed by atoms with van der Waals surface area (Å²) in [7, 11) is 0. The molecule has 1 unspecified atom stereocenters. The zero-order valence-electron chi connectivity index (χ0n) is 7.62. The second-order valence-electron chi connectivity index (χ2n) is 3.22. The normalized spacial score (nSPS) is 21.7. The first-order valence-corrected chi connectivity index (χ1v) is 4.49. The Hall–Kier alpha value is -0.590. The van der Waals surface area contributed by atoms with Crippen molar-refractivity contribution in [2.24, 2.45) is 0 Å². The van der Waals surface area contributed by atoms with Gasteiger partial charge in [-0.2, -0.15) is 0 Å². The van der Waals surface area contributed by atoms with Gasteiger partial charge in [-0.15, -0.1) is 0 Å². The summed E-state index contributed by atoms with van der Waals surface area (Å²) in [4.78, 5) is 5.83. The van der Waals surface area contributed by atoms with Gasteiger partial charge in [0.05, 0.1) is 13.2 Å². The van der Waals surface area contributed by atoms with Gasteiger partial charge in [0, 0.05) is 33.0 Å². The van der Waals surface area contributed by atoms with Gasteiger partial charge in [-0.3, -0.25) is 4.90 Å². The van der Waals surface area contributed by atoms with Crippen LogP contribution in [0.4, 0.5) is 0 Å². The highest BCUT2D eigenvalue weighted by Gasteiger charge is 2.12. The first kappa shape index (κ1) is 9.50. The summed E-state index contributed by atoms with van der Waals surface area (Å²) < 4.78 is 5.23. The molecule has 1 saturated heterocycles. The third-order valence-corrected chi connectivity index (χ3v) is 2.19. The van der Waals surface area contributed by atoms with Crippen LogP contribution in [0.25, 0.3) is 4.85 Å². The minimum atomic E-state index is 0.174. The fraction of sp³-hybridized carbons (Fsp3) is 0.889. The maximum absolute atomic E-state index is 6.81. The quantitative estimate of drug-likeness (QED) is 0.585. The number of morpholine rings is 1. The highest BCUT2D eigenvalue weighted by atomic mass is 16.5. The zero-order valence-corrected chi connectivity index (χ0v) is 7.62. The molecule has 1 rings (SSSR count). The summed E-state index contributed by atoms with van der Waals surface area (Å²) in [6.07, 6.45) is 0.990. The lowest BCUT2D eigenvalue weighted by molar-refractivity contribution is 0.0371. The van der Waals surface area contributed by atoms with Gasteiger partial charge in [0.25, 0.3) is 0 Å². The predicted molar refractivity (Wildman–Crippen MR) is 47.9 cm³/mol. The summed E-state index contributed by atoms with van der Waals surface area (Å²) in [6, 6.07) is 0.174. The van der Waals surface area contributed by atoms with Crippen molar-refractivity contribution in [1.29, 1.82) is 0 Å². The van der Waals surface area contributed by atoms with Gasteiger partial charge in [-0.1, -0.05) is 0 Å². The Bertz CT molecular complexity index is 158.